The maximum atomic E-state index is 14.1. The topological polar surface area (TPSA) is 107 Å². The van der Waals surface area contributed by atoms with E-state index < -0.39 is 27.9 Å². The molecule has 10 heteroatoms. The molecular weight excluding hydrogens is 310 g/mol. The highest BCUT2D eigenvalue weighted by Crippen LogP contribution is 2.30. The number of benzene rings is 1. The molecule has 0 bridgehead atoms. The number of nitro benzene ring substituents is 1. The Bertz CT molecular complexity index is 934. The van der Waals surface area contributed by atoms with Crippen molar-refractivity contribution in [3.63, 3.8) is 0 Å². The van der Waals surface area contributed by atoms with Gasteiger partial charge in [0, 0.05) is 6.07 Å². The smallest absolute Gasteiger partial charge is 0.307 e. The Morgan fingerprint density at radius 2 is 2.00 bits per heavy atom. The molecule has 2 heterocycles. The minimum absolute atomic E-state index is 0.0128. The molecule has 0 aliphatic rings. The van der Waals surface area contributed by atoms with Gasteiger partial charge in [0.15, 0.2) is 5.82 Å². The zero-order valence-electron chi connectivity index (χ0n) is 11.6. The number of hydrogen-bond acceptors (Lipinski definition) is 7. The van der Waals surface area contributed by atoms with Gasteiger partial charge in [-0.15, -0.1) is 0 Å². The summed E-state index contributed by atoms with van der Waals surface area (Å²) in [6, 6.07) is 1.55. The average molecular weight is 318 g/mol. The number of rotatable bonds is 3. The highest BCUT2D eigenvalue weighted by molar-refractivity contribution is 5.86. The van der Waals surface area contributed by atoms with E-state index in [1.54, 1.807) is 6.92 Å². The molecule has 0 aliphatic heterocycles. The lowest BCUT2D eigenvalue weighted by Gasteiger charge is -2.09. The Morgan fingerprint density at radius 3 is 2.74 bits per heavy atom. The van der Waals surface area contributed by atoms with Crippen molar-refractivity contribution in [3.8, 4) is 0 Å². The van der Waals surface area contributed by atoms with Crippen LogP contribution in [0.15, 0.2) is 24.7 Å². The maximum absolute atomic E-state index is 14.1. The number of aromatic nitrogens is 4. The van der Waals surface area contributed by atoms with Gasteiger partial charge < -0.3 is 5.32 Å². The van der Waals surface area contributed by atoms with E-state index in [0.29, 0.717) is 11.3 Å². The summed E-state index contributed by atoms with van der Waals surface area (Å²) in [5, 5.41) is 13.2. The van der Waals surface area contributed by atoms with Crippen molar-refractivity contribution in [1.82, 2.24) is 19.9 Å². The molecule has 0 saturated heterocycles. The Morgan fingerprint density at radius 1 is 1.22 bits per heavy atom. The van der Waals surface area contributed by atoms with Crippen LogP contribution in [0.5, 0.6) is 0 Å². The number of halogens is 2. The molecule has 1 N–H and O–H groups in total. The molecule has 1 aromatic carbocycles. The SMILES string of the molecule is Cc1ncc2ncnc(Nc3c(F)ccc([N+](=O)[O-])c3F)c2n1. The van der Waals surface area contributed by atoms with Crippen molar-refractivity contribution < 1.29 is 13.7 Å². The van der Waals surface area contributed by atoms with Gasteiger partial charge in [-0.3, -0.25) is 10.1 Å². The summed E-state index contributed by atoms with van der Waals surface area (Å²) in [6.07, 6.45) is 2.60. The van der Waals surface area contributed by atoms with E-state index >= 15 is 0 Å². The van der Waals surface area contributed by atoms with Gasteiger partial charge >= 0.3 is 5.69 Å². The number of hydrogen-bond donors (Lipinski definition) is 1. The van der Waals surface area contributed by atoms with Crippen LogP contribution in [-0.4, -0.2) is 24.9 Å². The molecule has 0 amide bonds. The molecule has 0 radical (unpaired) electrons. The third-order valence-electron chi connectivity index (χ3n) is 3.01. The summed E-state index contributed by atoms with van der Waals surface area (Å²) in [5.41, 5.74) is -0.932. The molecule has 0 saturated carbocycles. The molecule has 0 unspecified atom stereocenters. The fraction of sp³-hybridized carbons (Fsp3) is 0.0769. The van der Waals surface area contributed by atoms with Gasteiger partial charge in [0.1, 0.15) is 34.7 Å². The fourth-order valence-electron chi connectivity index (χ4n) is 1.95. The monoisotopic (exact) mass is 318 g/mol. The minimum Gasteiger partial charge on any atom is -0.333 e. The van der Waals surface area contributed by atoms with E-state index in [1.165, 1.54) is 6.20 Å². The van der Waals surface area contributed by atoms with Crippen LogP contribution in [-0.2, 0) is 0 Å². The van der Waals surface area contributed by atoms with Gasteiger partial charge in [-0.2, -0.15) is 4.39 Å². The largest absolute Gasteiger partial charge is 0.333 e. The second-order valence-electron chi connectivity index (χ2n) is 4.51. The third-order valence-corrected chi connectivity index (χ3v) is 3.01. The Kier molecular flexibility index (Phi) is 3.48. The molecule has 0 fully saturated rings. The van der Waals surface area contributed by atoms with Crippen LogP contribution in [0.2, 0.25) is 0 Å². The second-order valence-corrected chi connectivity index (χ2v) is 4.51. The first-order valence-electron chi connectivity index (χ1n) is 6.31. The molecule has 23 heavy (non-hydrogen) atoms. The normalized spacial score (nSPS) is 10.7. The van der Waals surface area contributed by atoms with Crippen LogP contribution in [0.4, 0.5) is 26.0 Å². The van der Waals surface area contributed by atoms with Crippen LogP contribution in [0.1, 0.15) is 5.82 Å². The van der Waals surface area contributed by atoms with Gasteiger partial charge in [0.2, 0.25) is 5.82 Å². The van der Waals surface area contributed by atoms with E-state index in [4.69, 9.17) is 0 Å². The Labute approximate surface area is 127 Å². The highest BCUT2D eigenvalue weighted by atomic mass is 19.1. The lowest BCUT2D eigenvalue weighted by Crippen LogP contribution is -2.04. The second kappa shape index (κ2) is 5.48. The first kappa shape index (κ1) is 14.6. The molecule has 0 atom stereocenters. The lowest BCUT2D eigenvalue weighted by molar-refractivity contribution is -0.387. The van der Waals surface area contributed by atoms with Gasteiger partial charge in [-0.1, -0.05) is 0 Å². The van der Waals surface area contributed by atoms with Crippen molar-refractivity contribution >= 4 is 28.2 Å². The summed E-state index contributed by atoms with van der Waals surface area (Å²) in [5.74, 6) is -1.90. The van der Waals surface area contributed by atoms with E-state index in [0.717, 1.165) is 18.5 Å². The van der Waals surface area contributed by atoms with Gasteiger partial charge in [-0.05, 0) is 13.0 Å². The predicted molar refractivity (Wildman–Crippen MR) is 76.2 cm³/mol. The van der Waals surface area contributed by atoms with E-state index in [-0.39, 0.29) is 11.3 Å². The van der Waals surface area contributed by atoms with E-state index in [9.17, 15) is 18.9 Å². The molecule has 8 nitrogen and oxygen atoms in total. The van der Waals surface area contributed by atoms with Crippen molar-refractivity contribution in [3.05, 3.63) is 52.2 Å². The minimum atomic E-state index is -1.33. The van der Waals surface area contributed by atoms with Crippen LogP contribution in [0.25, 0.3) is 11.0 Å². The Hall–Kier alpha value is -3.30. The number of nitrogens with one attached hydrogen (secondary N) is 1. The van der Waals surface area contributed by atoms with Crippen molar-refractivity contribution in [2.75, 3.05) is 5.32 Å². The third kappa shape index (κ3) is 2.61. The van der Waals surface area contributed by atoms with Crippen LogP contribution in [0.3, 0.4) is 0 Å². The van der Waals surface area contributed by atoms with E-state index in [1.807, 2.05) is 0 Å². The summed E-state index contributed by atoms with van der Waals surface area (Å²) < 4.78 is 28.0. The molecule has 0 spiro atoms. The number of anilines is 2. The predicted octanol–water partition coefficient (Wildman–Crippen LogP) is 2.66. The van der Waals surface area contributed by atoms with Crippen LogP contribution >= 0.6 is 0 Å². The molecule has 2 aromatic heterocycles. The molecule has 116 valence electrons. The Balaban J connectivity index is 2.15. The number of nitrogens with zero attached hydrogens (tertiary/aromatic N) is 5. The van der Waals surface area contributed by atoms with Gasteiger partial charge in [0.05, 0.1) is 11.1 Å². The summed E-state index contributed by atoms with van der Waals surface area (Å²) >= 11 is 0. The lowest BCUT2D eigenvalue weighted by atomic mass is 10.2. The number of nitro groups is 1. The summed E-state index contributed by atoms with van der Waals surface area (Å²) in [4.78, 5) is 25.7. The zero-order valence-corrected chi connectivity index (χ0v) is 11.6. The molecule has 3 aromatic rings. The summed E-state index contributed by atoms with van der Waals surface area (Å²) in [6.45, 7) is 1.63. The molecule has 0 aliphatic carbocycles. The van der Waals surface area contributed by atoms with Gasteiger partial charge in [-0.25, -0.2) is 24.3 Å². The zero-order chi connectivity index (χ0) is 16.6. The van der Waals surface area contributed by atoms with Crippen molar-refractivity contribution in [2.24, 2.45) is 0 Å². The van der Waals surface area contributed by atoms with Crippen molar-refractivity contribution in [2.45, 2.75) is 6.92 Å². The molecule has 3 rings (SSSR count). The highest BCUT2D eigenvalue weighted by Gasteiger charge is 2.22. The quantitative estimate of drug-likeness (QED) is 0.584. The van der Waals surface area contributed by atoms with Crippen molar-refractivity contribution in [1.29, 1.82) is 0 Å². The number of aryl methyl sites for hydroxylation is 1. The first-order valence-corrected chi connectivity index (χ1v) is 6.31. The van der Waals surface area contributed by atoms with Crippen LogP contribution in [0, 0.1) is 28.7 Å². The van der Waals surface area contributed by atoms with Gasteiger partial charge in [0.25, 0.3) is 0 Å². The molecular formula is C13H8F2N6O2. The maximum Gasteiger partial charge on any atom is 0.307 e. The fourth-order valence-corrected chi connectivity index (χ4v) is 1.95. The van der Waals surface area contributed by atoms with E-state index in [2.05, 4.69) is 25.3 Å². The first-order chi connectivity index (χ1) is 11.0. The average Bonchev–Trinajstić information content (AvgIpc) is 2.51. The van der Waals surface area contributed by atoms with Crippen LogP contribution < -0.4 is 5.32 Å². The standard InChI is InChI=1S/C13H8F2N6O2/c1-6-16-4-8-12(19-6)13(18-5-17-8)20-11-7(14)2-3-9(10(11)15)21(22)23/h2-5H,1H3,(H,17,18,20). The number of fused-ring (bicyclic) bond motifs is 1. The summed E-state index contributed by atoms with van der Waals surface area (Å²) in [7, 11) is 0.